The fourth-order valence-corrected chi connectivity index (χ4v) is 2.11. The minimum atomic E-state index is -0.0334. The minimum absolute atomic E-state index is 0.0334. The summed E-state index contributed by atoms with van der Waals surface area (Å²) in [5, 5.41) is 6.99. The highest BCUT2D eigenvalue weighted by molar-refractivity contribution is 5.90. The predicted molar refractivity (Wildman–Crippen MR) is 78.8 cm³/mol. The number of anilines is 1. The first kappa shape index (κ1) is 13.2. The van der Waals surface area contributed by atoms with Gasteiger partial charge in [0.05, 0.1) is 6.20 Å². The minimum Gasteiger partial charge on any atom is -0.311 e. The Morgan fingerprint density at radius 1 is 1.10 bits per heavy atom. The summed E-state index contributed by atoms with van der Waals surface area (Å²) in [6.07, 6.45) is 7.07. The zero-order chi connectivity index (χ0) is 14.5. The molecule has 3 rings (SSSR count). The third kappa shape index (κ3) is 3.22. The van der Waals surface area contributed by atoms with Crippen molar-refractivity contribution in [1.82, 2.24) is 19.6 Å². The van der Waals surface area contributed by atoms with Gasteiger partial charge in [0.2, 0.25) is 5.91 Å². The maximum Gasteiger partial charge on any atom is 0.225 e. The van der Waals surface area contributed by atoms with Gasteiger partial charge in [0.15, 0.2) is 5.65 Å². The average Bonchev–Trinajstić information content (AvgIpc) is 2.98. The molecule has 0 spiro atoms. The fourth-order valence-electron chi connectivity index (χ4n) is 2.11. The molecule has 0 fully saturated rings. The molecule has 0 unspecified atom stereocenters. The van der Waals surface area contributed by atoms with Crippen LogP contribution < -0.4 is 5.32 Å². The number of nitrogens with one attached hydrogen (secondary N) is 1. The molecule has 1 N–H and O–H groups in total. The Morgan fingerprint density at radius 3 is 2.90 bits per heavy atom. The lowest BCUT2D eigenvalue weighted by Gasteiger charge is -2.06. The van der Waals surface area contributed by atoms with Gasteiger partial charge in [-0.1, -0.05) is 6.07 Å². The lowest BCUT2D eigenvalue weighted by molar-refractivity contribution is -0.116. The summed E-state index contributed by atoms with van der Waals surface area (Å²) in [7, 11) is 0. The van der Waals surface area contributed by atoms with E-state index in [0.29, 0.717) is 17.9 Å². The van der Waals surface area contributed by atoms with E-state index in [9.17, 15) is 4.79 Å². The molecule has 0 aliphatic carbocycles. The van der Waals surface area contributed by atoms with Crippen molar-refractivity contribution in [3.8, 4) is 0 Å². The van der Waals surface area contributed by atoms with E-state index >= 15 is 0 Å². The van der Waals surface area contributed by atoms with E-state index in [-0.39, 0.29) is 5.91 Å². The Morgan fingerprint density at radius 2 is 2.05 bits per heavy atom. The van der Waals surface area contributed by atoms with Crippen molar-refractivity contribution in [2.45, 2.75) is 19.3 Å². The van der Waals surface area contributed by atoms with Crippen molar-refractivity contribution in [3.05, 3.63) is 54.6 Å². The molecule has 0 aromatic carbocycles. The molecule has 6 heteroatoms. The summed E-state index contributed by atoms with van der Waals surface area (Å²) >= 11 is 0. The van der Waals surface area contributed by atoms with E-state index in [0.717, 1.165) is 18.5 Å². The SMILES string of the molecule is O=C(CCCc1ccccn1)Nc1ccnc2ccnn12. The summed E-state index contributed by atoms with van der Waals surface area (Å²) in [6, 6.07) is 9.32. The molecule has 0 aliphatic heterocycles. The molecule has 0 radical (unpaired) electrons. The molecular weight excluding hydrogens is 266 g/mol. The third-order valence-corrected chi connectivity index (χ3v) is 3.12. The molecule has 6 nitrogen and oxygen atoms in total. The van der Waals surface area contributed by atoms with Gasteiger partial charge < -0.3 is 5.32 Å². The number of pyridine rings is 1. The molecule has 0 atom stereocenters. The van der Waals surface area contributed by atoms with Crippen LogP contribution in [0.25, 0.3) is 5.65 Å². The van der Waals surface area contributed by atoms with Crippen molar-refractivity contribution in [1.29, 1.82) is 0 Å². The van der Waals surface area contributed by atoms with E-state index in [1.54, 1.807) is 35.2 Å². The Labute approximate surface area is 121 Å². The quantitative estimate of drug-likeness (QED) is 0.777. The lowest BCUT2D eigenvalue weighted by atomic mass is 10.2. The van der Waals surface area contributed by atoms with Crippen LogP contribution in [0.4, 0.5) is 5.82 Å². The summed E-state index contributed by atoms with van der Waals surface area (Å²) in [5.41, 5.74) is 1.71. The van der Waals surface area contributed by atoms with Crippen LogP contribution in [0, 0.1) is 0 Å². The molecule has 0 saturated heterocycles. The summed E-state index contributed by atoms with van der Waals surface area (Å²) < 4.78 is 1.61. The number of carbonyl (C=O) groups excluding carboxylic acids is 1. The molecule has 0 bridgehead atoms. The topological polar surface area (TPSA) is 72.2 Å². The zero-order valence-electron chi connectivity index (χ0n) is 11.4. The van der Waals surface area contributed by atoms with Crippen molar-refractivity contribution in [2.75, 3.05) is 5.32 Å². The Kier molecular flexibility index (Phi) is 3.86. The Bertz CT molecular complexity index is 738. The number of hydrogen-bond donors (Lipinski definition) is 1. The number of fused-ring (bicyclic) bond motifs is 1. The van der Waals surface area contributed by atoms with E-state index in [2.05, 4.69) is 20.4 Å². The maximum absolute atomic E-state index is 12.0. The van der Waals surface area contributed by atoms with E-state index in [1.807, 2.05) is 18.2 Å². The smallest absolute Gasteiger partial charge is 0.225 e. The van der Waals surface area contributed by atoms with Gasteiger partial charge in [-0.3, -0.25) is 9.78 Å². The average molecular weight is 281 g/mol. The third-order valence-electron chi connectivity index (χ3n) is 3.12. The fraction of sp³-hybridized carbons (Fsp3) is 0.200. The van der Waals surface area contributed by atoms with Crippen molar-refractivity contribution in [2.24, 2.45) is 0 Å². The number of carbonyl (C=O) groups is 1. The van der Waals surface area contributed by atoms with E-state index in [1.165, 1.54) is 0 Å². The summed E-state index contributed by atoms with van der Waals surface area (Å²) in [6.45, 7) is 0. The highest BCUT2D eigenvalue weighted by atomic mass is 16.1. The van der Waals surface area contributed by atoms with Gasteiger partial charge in [-0.25, -0.2) is 4.98 Å². The number of aromatic nitrogens is 4. The molecule has 1 amide bonds. The first-order valence-corrected chi connectivity index (χ1v) is 6.81. The van der Waals surface area contributed by atoms with Crippen LogP contribution >= 0.6 is 0 Å². The van der Waals surface area contributed by atoms with Crippen LogP contribution in [-0.4, -0.2) is 25.5 Å². The second-order valence-electron chi connectivity index (χ2n) is 4.65. The number of aryl methyl sites for hydroxylation is 1. The maximum atomic E-state index is 12.0. The van der Waals surface area contributed by atoms with Gasteiger partial charge in [0.1, 0.15) is 5.82 Å². The van der Waals surface area contributed by atoms with E-state index in [4.69, 9.17) is 0 Å². The Hall–Kier alpha value is -2.76. The van der Waals surface area contributed by atoms with Crippen molar-refractivity contribution in [3.63, 3.8) is 0 Å². The first-order chi connectivity index (χ1) is 10.3. The molecule has 3 aromatic heterocycles. The second-order valence-corrected chi connectivity index (χ2v) is 4.65. The van der Waals surface area contributed by atoms with Gasteiger partial charge in [-0.05, 0) is 31.0 Å². The predicted octanol–water partition coefficient (Wildman–Crippen LogP) is 2.09. The van der Waals surface area contributed by atoms with Gasteiger partial charge in [0.25, 0.3) is 0 Å². The van der Waals surface area contributed by atoms with E-state index < -0.39 is 0 Å². The molecule has 106 valence electrons. The van der Waals surface area contributed by atoms with Crippen LogP contribution in [0.3, 0.4) is 0 Å². The van der Waals surface area contributed by atoms with Gasteiger partial charge in [-0.15, -0.1) is 0 Å². The second kappa shape index (κ2) is 6.13. The molecule has 3 heterocycles. The van der Waals surface area contributed by atoms with Gasteiger partial charge in [0, 0.05) is 30.6 Å². The summed E-state index contributed by atoms with van der Waals surface area (Å²) in [5.74, 6) is 0.599. The highest BCUT2D eigenvalue weighted by Crippen LogP contribution is 2.09. The zero-order valence-corrected chi connectivity index (χ0v) is 11.4. The van der Waals surface area contributed by atoms with Crippen LogP contribution in [0.2, 0.25) is 0 Å². The highest BCUT2D eigenvalue weighted by Gasteiger charge is 2.06. The first-order valence-electron chi connectivity index (χ1n) is 6.81. The molecule has 3 aromatic rings. The molecule has 0 saturated carbocycles. The lowest BCUT2D eigenvalue weighted by Crippen LogP contribution is -2.14. The molecule has 21 heavy (non-hydrogen) atoms. The monoisotopic (exact) mass is 281 g/mol. The normalized spacial score (nSPS) is 10.7. The number of amides is 1. The van der Waals surface area contributed by atoms with Gasteiger partial charge in [-0.2, -0.15) is 9.61 Å². The molecular formula is C15H15N5O. The van der Waals surface area contributed by atoms with Gasteiger partial charge >= 0.3 is 0 Å². The molecule has 0 aliphatic rings. The Balaban J connectivity index is 1.56. The largest absolute Gasteiger partial charge is 0.311 e. The number of hydrogen-bond acceptors (Lipinski definition) is 4. The van der Waals surface area contributed by atoms with Crippen LogP contribution in [0.1, 0.15) is 18.5 Å². The van der Waals surface area contributed by atoms with Crippen LogP contribution in [0.5, 0.6) is 0 Å². The van der Waals surface area contributed by atoms with Crippen molar-refractivity contribution < 1.29 is 4.79 Å². The van der Waals surface area contributed by atoms with Crippen LogP contribution in [-0.2, 0) is 11.2 Å². The van der Waals surface area contributed by atoms with Crippen LogP contribution in [0.15, 0.2) is 48.9 Å². The number of rotatable bonds is 5. The number of nitrogens with zero attached hydrogens (tertiary/aromatic N) is 4. The summed E-state index contributed by atoms with van der Waals surface area (Å²) in [4.78, 5) is 20.4. The van der Waals surface area contributed by atoms with Crippen molar-refractivity contribution >= 4 is 17.4 Å². The standard InChI is InChI=1S/C15H15N5O/c21-15(6-3-5-12-4-1-2-9-16-12)19-14-7-10-17-13-8-11-18-20(13)14/h1-2,4,7-11H,3,5-6H2,(H,19,21).